The van der Waals surface area contributed by atoms with Crippen LogP contribution in [0.1, 0.15) is 149 Å². The van der Waals surface area contributed by atoms with Crippen molar-refractivity contribution >= 4 is 33.4 Å². The van der Waals surface area contributed by atoms with Gasteiger partial charge in [-0.3, -0.25) is 28.0 Å². The Bertz CT molecular complexity index is 1620. The summed E-state index contributed by atoms with van der Waals surface area (Å²) in [5.74, 6) is -1.28. The highest BCUT2D eigenvalue weighted by molar-refractivity contribution is 7.47. The molecule has 1 rings (SSSR count). The Labute approximate surface area is 391 Å². The lowest BCUT2D eigenvalue weighted by Crippen LogP contribution is -2.64. The van der Waals surface area contributed by atoms with Gasteiger partial charge in [0, 0.05) is 19.3 Å². The van der Waals surface area contributed by atoms with Gasteiger partial charge in [0.2, 0.25) is 0 Å². The van der Waals surface area contributed by atoms with E-state index in [-0.39, 0.29) is 18.6 Å². The monoisotopic (exact) mass is 976 g/mol. The van der Waals surface area contributed by atoms with Crippen molar-refractivity contribution in [1.82, 2.24) is 0 Å². The lowest BCUT2D eigenvalue weighted by atomic mass is 9.85. The van der Waals surface area contributed by atoms with Crippen molar-refractivity contribution in [2.75, 3.05) is 13.2 Å². The lowest BCUT2D eigenvalue weighted by molar-refractivity contribution is -0.216. The Morgan fingerprint density at radius 2 is 1.06 bits per heavy atom. The molecule has 1 aliphatic carbocycles. The Balaban J connectivity index is 2.66. The molecular formula is C47H78O17P2. The first-order chi connectivity index (χ1) is 31.5. The fourth-order valence-corrected chi connectivity index (χ4v) is 8.12. The molecule has 0 aliphatic heterocycles. The van der Waals surface area contributed by atoms with Gasteiger partial charge in [0.25, 0.3) is 0 Å². The molecule has 0 spiro atoms. The third kappa shape index (κ3) is 31.2. The van der Waals surface area contributed by atoms with Crippen molar-refractivity contribution in [3.8, 4) is 0 Å². The average Bonchev–Trinajstić information content (AvgIpc) is 3.27. The SMILES string of the molecule is CC/C=C\C/C=C\C/C=C\C/C=C\CCCCCCC(=O)O[C@H](COC(=O)CCCCCCCC(=O)/C=C/C=C\CCCCC)COP(=O)(O)O[C@H]1C(O)C(O)C(O)[C@@H](OP(=O)(O)O)C1O. The maximum Gasteiger partial charge on any atom is 0.472 e. The smallest absolute Gasteiger partial charge is 0.462 e. The number of aliphatic hydroxyl groups is 4. The van der Waals surface area contributed by atoms with Crippen LogP contribution in [0, 0.1) is 0 Å². The molecule has 0 aromatic heterocycles. The maximum atomic E-state index is 13.0. The van der Waals surface area contributed by atoms with Crippen LogP contribution in [0.3, 0.4) is 0 Å². The number of phosphoric ester groups is 2. The second-order valence-corrected chi connectivity index (χ2v) is 18.7. The van der Waals surface area contributed by atoms with E-state index in [9.17, 15) is 48.8 Å². The summed E-state index contributed by atoms with van der Waals surface area (Å²) in [5.41, 5.74) is 0. The molecular weight excluding hydrogens is 898 g/mol. The largest absolute Gasteiger partial charge is 0.472 e. The van der Waals surface area contributed by atoms with Gasteiger partial charge in [0.05, 0.1) is 6.61 Å². The van der Waals surface area contributed by atoms with Gasteiger partial charge in [0.1, 0.15) is 43.2 Å². The molecule has 1 saturated carbocycles. The van der Waals surface area contributed by atoms with Gasteiger partial charge in [-0.15, -0.1) is 0 Å². The van der Waals surface area contributed by atoms with Gasteiger partial charge in [-0.1, -0.05) is 126 Å². The zero-order chi connectivity index (χ0) is 49.1. The molecule has 17 nitrogen and oxygen atoms in total. The molecule has 7 N–H and O–H groups in total. The van der Waals surface area contributed by atoms with E-state index in [4.69, 9.17) is 28.3 Å². The average molecular weight is 977 g/mol. The van der Waals surface area contributed by atoms with E-state index in [0.717, 1.165) is 83.5 Å². The minimum atomic E-state index is -5.38. The van der Waals surface area contributed by atoms with Crippen molar-refractivity contribution in [1.29, 1.82) is 0 Å². The normalized spacial score (nSPS) is 22.1. The molecule has 0 aromatic rings. The highest BCUT2D eigenvalue weighted by Crippen LogP contribution is 2.49. The summed E-state index contributed by atoms with van der Waals surface area (Å²) in [6.45, 7) is 2.81. The first-order valence-corrected chi connectivity index (χ1v) is 26.5. The predicted molar refractivity (Wildman–Crippen MR) is 251 cm³/mol. The Morgan fingerprint density at radius 1 is 0.545 bits per heavy atom. The number of hydrogen-bond donors (Lipinski definition) is 7. The Kier molecular flexibility index (Phi) is 34.3. The first-order valence-electron chi connectivity index (χ1n) is 23.4. The molecule has 66 heavy (non-hydrogen) atoms. The van der Waals surface area contributed by atoms with Crippen LogP contribution in [0.4, 0.5) is 0 Å². The standard InChI is InChI=1S/C47H78O17P2/c1-3-5-7-9-11-12-13-14-15-16-17-18-19-20-22-26-31-35-41(50)62-39(36-60-40(49)34-30-27-23-25-29-33-38(48)32-28-24-21-10-8-6-4-2)37-61-66(58,59)64-47-44(53)42(51)43(52)46(45(47)54)63-65(55,56)57/h5,7,11-12,14-15,17-18,21,24,28,32,39,42-47,51-54H,3-4,6,8-10,13,16,19-20,22-23,25-27,29-31,33-37H2,1-2H3,(H,58,59)(H2,55,56,57)/b7-5-,12-11-,15-14-,18-17-,24-21-,32-28+/t39-,42?,43?,44?,45?,46-,47+/m1/s1. The molecule has 1 aliphatic rings. The van der Waals surface area contributed by atoms with E-state index in [1.807, 2.05) is 6.08 Å². The van der Waals surface area contributed by atoms with Gasteiger partial charge >= 0.3 is 27.6 Å². The molecule has 1 fully saturated rings. The molecule has 0 heterocycles. The summed E-state index contributed by atoms with van der Waals surface area (Å²) >= 11 is 0. The van der Waals surface area contributed by atoms with Crippen LogP contribution >= 0.6 is 15.6 Å². The molecule has 0 aromatic carbocycles. The summed E-state index contributed by atoms with van der Waals surface area (Å²) in [6.07, 6.45) is 25.3. The number of carbonyl (C=O) groups is 3. The van der Waals surface area contributed by atoms with Crippen molar-refractivity contribution in [2.24, 2.45) is 0 Å². The summed E-state index contributed by atoms with van der Waals surface area (Å²) in [7, 11) is -10.7. The number of hydrogen-bond acceptors (Lipinski definition) is 14. The van der Waals surface area contributed by atoms with Gasteiger partial charge in [-0.25, -0.2) is 9.13 Å². The van der Waals surface area contributed by atoms with Crippen LogP contribution in [-0.4, -0.2) is 109 Å². The second-order valence-electron chi connectivity index (χ2n) is 16.1. The third-order valence-corrected chi connectivity index (χ3v) is 11.7. The Morgan fingerprint density at radius 3 is 1.67 bits per heavy atom. The van der Waals surface area contributed by atoms with E-state index in [1.165, 1.54) is 6.42 Å². The number of allylic oxidation sites excluding steroid dienone is 12. The van der Waals surface area contributed by atoms with Crippen molar-refractivity contribution in [3.05, 3.63) is 72.9 Å². The summed E-state index contributed by atoms with van der Waals surface area (Å²) in [6, 6.07) is 0. The molecule has 0 saturated heterocycles. The van der Waals surface area contributed by atoms with Crippen LogP contribution in [-0.2, 0) is 46.6 Å². The molecule has 19 heteroatoms. The van der Waals surface area contributed by atoms with Crippen molar-refractivity contribution in [3.63, 3.8) is 0 Å². The third-order valence-electron chi connectivity index (χ3n) is 10.2. The van der Waals surface area contributed by atoms with Crippen LogP contribution in [0.2, 0.25) is 0 Å². The van der Waals surface area contributed by atoms with Gasteiger partial charge in [0.15, 0.2) is 11.9 Å². The van der Waals surface area contributed by atoms with Crippen LogP contribution < -0.4 is 0 Å². The lowest BCUT2D eigenvalue weighted by Gasteiger charge is -2.43. The van der Waals surface area contributed by atoms with Crippen molar-refractivity contribution < 1.29 is 81.7 Å². The van der Waals surface area contributed by atoms with Crippen molar-refractivity contribution in [2.45, 2.75) is 191 Å². The second kappa shape index (κ2) is 37.1. The molecule has 0 amide bonds. The van der Waals surface area contributed by atoms with Gasteiger partial charge in [-0.05, 0) is 76.7 Å². The summed E-state index contributed by atoms with van der Waals surface area (Å²) < 4.78 is 49.2. The summed E-state index contributed by atoms with van der Waals surface area (Å²) in [5, 5.41) is 41.2. The molecule has 5 unspecified atom stereocenters. The van der Waals surface area contributed by atoms with Crippen LogP contribution in [0.15, 0.2) is 72.9 Å². The fourth-order valence-electron chi connectivity index (χ4n) is 6.58. The maximum absolute atomic E-state index is 13.0. The Hall–Kier alpha value is -2.89. The van der Waals surface area contributed by atoms with Crippen LogP contribution in [0.5, 0.6) is 0 Å². The number of esters is 2. The number of aliphatic hydroxyl groups excluding tert-OH is 4. The highest BCUT2D eigenvalue weighted by Gasteiger charge is 2.54. The van der Waals surface area contributed by atoms with E-state index in [1.54, 1.807) is 12.2 Å². The van der Waals surface area contributed by atoms with E-state index < -0.39 is 83.5 Å². The number of phosphoric acid groups is 2. The topological polar surface area (TPSA) is 273 Å². The molecule has 0 bridgehead atoms. The zero-order valence-corrected chi connectivity index (χ0v) is 40.6. The summed E-state index contributed by atoms with van der Waals surface area (Å²) in [4.78, 5) is 66.3. The quantitative estimate of drug-likeness (QED) is 0.00770. The van der Waals surface area contributed by atoms with E-state index in [2.05, 4.69) is 73.1 Å². The minimum absolute atomic E-state index is 0.0125. The van der Waals surface area contributed by atoms with Crippen LogP contribution in [0.25, 0.3) is 0 Å². The number of ketones is 1. The minimum Gasteiger partial charge on any atom is -0.462 e. The number of rotatable bonds is 38. The number of unbranched alkanes of at least 4 members (excludes halogenated alkanes) is 11. The predicted octanol–water partition coefficient (Wildman–Crippen LogP) is 8.02. The molecule has 378 valence electrons. The first kappa shape index (κ1) is 61.1. The van der Waals surface area contributed by atoms with Gasteiger partial charge < -0.3 is 44.6 Å². The molecule has 0 radical (unpaired) electrons. The van der Waals surface area contributed by atoms with E-state index in [0.29, 0.717) is 32.1 Å². The van der Waals surface area contributed by atoms with Gasteiger partial charge in [-0.2, -0.15) is 0 Å². The number of ether oxygens (including phenoxy) is 2. The zero-order valence-electron chi connectivity index (χ0n) is 38.8. The van der Waals surface area contributed by atoms with E-state index >= 15 is 0 Å². The fraction of sp³-hybridized carbons (Fsp3) is 0.681. The number of carbonyl (C=O) groups excluding carboxylic acids is 3. The molecule has 8 atom stereocenters. The highest BCUT2D eigenvalue weighted by atomic mass is 31.2.